The standard InChI is InChI=1S/C18H11F2N2O3/c19-12-6-8-17(15(20)10-12)25-18-9-7-14(22(23)24)11-16(18)21-13-4-2-1-3-5-13/h1-4,6-11,21H. The second kappa shape index (κ2) is 6.96. The zero-order valence-corrected chi connectivity index (χ0v) is 12.7. The minimum Gasteiger partial charge on any atom is -0.452 e. The highest BCUT2D eigenvalue weighted by molar-refractivity contribution is 5.69. The largest absolute Gasteiger partial charge is 0.452 e. The van der Waals surface area contributed by atoms with Crippen LogP contribution in [0.5, 0.6) is 11.5 Å². The van der Waals surface area contributed by atoms with Gasteiger partial charge in [0.1, 0.15) is 5.82 Å². The van der Waals surface area contributed by atoms with Crippen LogP contribution in [0.15, 0.2) is 60.7 Å². The van der Waals surface area contributed by atoms with E-state index in [2.05, 4.69) is 11.4 Å². The molecule has 0 aliphatic heterocycles. The van der Waals surface area contributed by atoms with E-state index >= 15 is 0 Å². The average molecular weight is 341 g/mol. The van der Waals surface area contributed by atoms with Crippen molar-refractivity contribution in [2.45, 2.75) is 0 Å². The molecule has 0 bridgehead atoms. The maximum Gasteiger partial charge on any atom is 0.271 e. The van der Waals surface area contributed by atoms with E-state index in [-0.39, 0.29) is 22.9 Å². The van der Waals surface area contributed by atoms with Gasteiger partial charge in [-0.25, -0.2) is 8.78 Å². The van der Waals surface area contributed by atoms with Gasteiger partial charge in [0.15, 0.2) is 17.3 Å². The van der Waals surface area contributed by atoms with E-state index < -0.39 is 16.6 Å². The Morgan fingerprint density at radius 3 is 2.52 bits per heavy atom. The van der Waals surface area contributed by atoms with Crippen LogP contribution in [0.1, 0.15) is 0 Å². The van der Waals surface area contributed by atoms with Gasteiger partial charge in [-0.15, -0.1) is 0 Å². The number of anilines is 2. The fourth-order valence-electron chi connectivity index (χ4n) is 2.11. The van der Waals surface area contributed by atoms with Crippen molar-refractivity contribution in [3.8, 4) is 11.5 Å². The van der Waals surface area contributed by atoms with Crippen LogP contribution in [-0.2, 0) is 0 Å². The van der Waals surface area contributed by atoms with E-state index in [1.807, 2.05) is 0 Å². The lowest BCUT2D eigenvalue weighted by molar-refractivity contribution is -0.384. The number of nitrogens with one attached hydrogen (secondary N) is 1. The number of hydrogen-bond acceptors (Lipinski definition) is 4. The van der Waals surface area contributed by atoms with E-state index in [0.717, 1.165) is 12.1 Å². The molecule has 125 valence electrons. The molecular formula is C18H11F2N2O3. The van der Waals surface area contributed by atoms with Crippen molar-refractivity contribution < 1.29 is 18.4 Å². The molecule has 0 heterocycles. The highest BCUT2D eigenvalue weighted by Crippen LogP contribution is 2.35. The maximum atomic E-state index is 13.8. The summed E-state index contributed by atoms with van der Waals surface area (Å²) in [5.74, 6) is -1.66. The Morgan fingerprint density at radius 1 is 1.04 bits per heavy atom. The first kappa shape index (κ1) is 16.4. The quantitative estimate of drug-likeness (QED) is 0.511. The van der Waals surface area contributed by atoms with Crippen LogP contribution in [0.4, 0.5) is 25.8 Å². The molecular weight excluding hydrogens is 330 g/mol. The number of ether oxygens (including phenoxy) is 1. The van der Waals surface area contributed by atoms with Gasteiger partial charge in [0, 0.05) is 30.0 Å². The first-order valence-corrected chi connectivity index (χ1v) is 7.18. The lowest BCUT2D eigenvalue weighted by Gasteiger charge is -2.13. The molecule has 1 N–H and O–H groups in total. The molecule has 5 nitrogen and oxygen atoms in total. The molecule has 0 aliphatic carbocycles. The predicted molar refractivity (Wildman–Crippen MR) is 88.1 cm³/mol. The molecule has 0 aromatic heterocycles. The Labute approximate surface area is 141 Å². The van der Waals surface area contributed by atoms with Gasteiger partial charge < -0.3 is 10.1 Å². The van der Waals surface area contributed by atoms with E-state index in [0.29, 0.717) is 11.8 Å². The van der Waals surface area contributed by atoms with Crippen molar-refractivity contribution in [2.75, 3.05) is 5.32 Å². The van der Waals surface area contributed by atoms with Crippen LogP contribution < -0.4 is 10.1 Å². The fourth-order valence-corrected chi connectivity index (χ4v) is 2.11. The molecule has 7 heteroatoms. The number of rotatable bonds is 5. The monoisotopic (exact) mass is 341 g/mol. The SMILES string of the molecule is O=[N+]([O-])c1ccc(Oc2ccc(F)cc2F)c(Nc2[c]cccc2)c1. The van der Waals surface area contributed by atoms with Gasteiger partial charge in [0.05, 0.1) is 10.6 Å². The molecule has 0 amide bonds. The number of benzene rings is 3. The minimum absolute atomic E-state index is 0.147. The third-order valence-electron chi connectivity index (χ3n) is 3.27. The highest BCUT2D eigenvalue weighted by atomic mass is 19.1. The molecule has 0 unspecified atom stereocenters. The minimum atomic E-state index is -0.879. The number of non-ortho nitro benzene ring substituents is 1. The summed E-state index contributed by atoms with van der Waals surface area (Å²) in [4.78, 5) is 10.4. The van der Waals surface area contributed by atoms with Crippen molar-refractivity contribution in [1.82, 2.24) is 0 Å². The highest BCUT2D eigenvalue weighted by Gasteiger charge is 2.15. The van der Waals surface area contributed by atoms with Crippen molar-refractivity contribution in [1.29, 1.82) is 0 Å². The number of nitro groups is 1. The first-order valence-electron chi connectivity index (χ1n) is 7.18. The topological polar surface area (TPSA) is 64.4 Å². The van der Waals surface area contributed by atoms with Crippen molar-refractivity contribution in [2.24, 2.45) is 0 Å². The Kier molecular flexibility index (Phi) is 4.56. The summed E-state index contributed by atoms with van der Waals surface area (Å²) < 4.78 is 32.3. The molecule has 3 rings (SSSR count). The third kappa shape index (κ3) is 3.89. The van der Waals surface area contributed by atoms with Gasteiger partial charge in [-0.3, -0.25) is 10.1 Å². The Morgan fingerprint density at radius 2 is 1.84 bits per heavy atom. The second-order valence-corrected chi connectivity index (χ2v) is 5.02. The second-order valence-electron chi connectivity index (χ2n) is 5.02. The molecule has 0 fully saturated rings. The number of para-hydroxylation sites is 1. The Balaban J connectivity index is 1.98. The Bertz CT molecular complexity index is 917. The lowest BCUT2D eigenvalue weighted by Crippen LogP contribution is -1.98. The van der Waals surface area contributed by atoms with Crippen LogP contribution >= 0.6 is 0 Å². The summed E-state index contributed by atoms with van der Waals surface area (Å²) in [7, 11) is 0. The molecule has 0 aliphatic rings. The molecule has 3 aromatic carbocycles. The van der Waals surface area contributed by atoms with Crippen molar-refractivity contribution in [3.63, 3.8) is 0 Å². The van der Waals surface area contributed by atoms with E-state index in [4.69, 9.17) is 4.74 Å². The van der Waals surface area contributed by atoms with E-state index in [9.17, 15) is 18.9 Å². The zero-order chi connectivity index (χ0) is 17.8. The number of nitro benzene ring substituents is 1. The van der Waals surface area contributed by atoms with Crippen LogP contribution in [-0.4, -0.2) is 4.92 Å². The van der Waals surface area contributed by atoms with Gasteiger partial charge in [-0.05, 0) is 24.3 Å². The molecule has 0 spiro atoms. The van der Waals surface area contributed by atoms with Gasteiger partial charge >= 0.3 is 0 Å². The van der Waals surface area contributed by atoms with Crippen molar-refractivity contribution in [3.05, 3.63) is 88.5 Å². The van der Waals surface area contributed by atoms with Gasteiger partial charge in [0.25, 0.3) is 5.69 Å². The molecule has 0 saturated heterocycles. The van der Waals surface area contributed by atoms with Crippen molar-refractivity contribution >= 4 is 17.1 Å². The van der Waals surface area contributed by atoms with Crippen LogP contribution in [0.3, 0.4) is 0 Å². The maximum absolute atomic E-state index is 13.8. The predicted octanol–water partition coefficient (Wildman–Crippen LogP) is 5.21. The molecule has 25 heavy (non-hydrogen) atoms. The summed E-state index contributed by atoms with van der Waals surface area (Å²) in [6.45, 7) is 0. The normalized spacial score (nSPS) is 10.3. The number of hydrogen-bond donors (Lipinski definition) is 1. The molecule has 0 saturated carbocycles. The third-order valence-corrected chi connectivity index (χ3v) is 3.27. The average Bonchev–Trinajstić information content (AvgIpc) is 2.59. The molecule has 0 atom stereocenters. The summed E-state index contributed by atoms with van der Waals surface area (Å²) in [6, 6.07) is 16.5. The number of halogens is 2. The first-order chi connectivity index (χ1) is 12.0. The van der Waals surface area contributed by atoms with E-state index in [1.165, 1.54) is 18.2 Å². The van der Waals surface area contributed by atoms with Gasteiger partial charge in [-0.2, -0.15) is 0 Å². The zero-order valence-electron chi connectivity index (χ0n) is 12.7. The Hall–Kier alpha value is -3.48. The lowest BCUT2D eigenvalue weighted by atomic mass is 10.2. The smallest absolute Gasteiger partial charge is 0.271 e. The van der Waals surface area contributed by atoms with E-state index in [1.54, 1.807) is 24.3 Å². The van der Waals surface area contributed by atoms with Crippen LogP contribution in [0.2, 0.25) is 0 Å². The summed E-state index contributed by atoms with van der Waals surface area (Å²) in [6.07, 6.45) is 0. The summed E-state index contributed by atoms with van der Waals surface area (Å²) in [5, 5.41) is 13.9. The molecule has 1 radical (unpaired) electrons. The fraction of sp³-hybridized carbons (Fsp3) is 0. The number of nitrogens with zero attached hydrogens (tertiary/aromatic N) is 1. The van der Waals surface area contributed by atoms with Crippen LogP contribution in [0.25, 0.3) is 0 Å². The van der Waals surface area contributed by atoms with Gasteiger partial charge in [-0.1, -0.05) is 18.2 Å². The van der Waals surface area contributed by atoms with Crippen LogP contribution in [0, 0.1) is 27.8 Å². The molecule has 3 aromatic rings. The summed E-state index contributed by atoms with van der Waals surface area (Å²) >= 11 is 0. The van der Waals surface area contributed by atoms with Gasteiger partial charge in [0.2, 0.25) is 0 Å². The summed E-state index contributed by atoms with van der Waals surface area (Å²) in [5.41, 5.74) is 0.637.